The molecule has 3 heterocycles. The van der Waals surface area contributed by atoms with Gasteiger partial charge in [-0.15, -0.1) is 11.3 Å². The second-order valence-corrected chi connectivity index (χ2v) is 11.8. The molecule has 0 saturated carbocycles. The first-order valence-corrected chi connectivity index (χ1v) is 14.3. The fourth-order valence-corrected chi connectivity index (χ4v) is 6.05. The van der Waals surface area contributed by atoms with Crippen molar-refractivity contribution in [3.8, 4) is 10.6 Å². The van der Waals surface area contributed by atoms with E-state index in [0.717, 1.165) is 27.0 Å². The fourth-order valence-electron chi connectivity index (χ4n) is 3.54. The van der Waals surface area contributed by atoms with Crippen LogP contribution < -0.4 is 11.2 Å². The number of hydrogen-bond donors (Lipinski definition) is 5. The van der Waals surface area contributed by atoms with Crippen LogP contribution in [-0.2, 0) is 29.2 Å². The molecule has 0 radical (unpaired) electrons. The van der Waals surface area contributed by atoms with Gasteiger partial charge in [-0.3, -0.25) is 18.5 Å². The number of rotatable bonds is 9. The molecule has 0 spiro atoms. The number of aliphatic hydroxyl groups is 2. The zero-order chi connectivity index (χ0) is 27.0. The number of ether oxygens (including phenoxy) is 1. The Morgan fingerprint density at radius 2 is 1.76 bits per heavy atom. The van der Waals surface area contributed by atoms with E-state index < -0.39 is 58.0 Å². The Hall–Kier alpha value is -2.33. The standard InChI is InChI=1S/C19H21N3O12P2S/c23-14-6-7-21(18-16(25)15(24)13(33-18)10-32-36(30,31)34-35(27,28)29)19(26)22(14)9-12-8-20-17(37-12)11-4-2-1-3-5-11/h1-8,13,15-16,18,24-25H,9-10H2,(H,30,31)(H2,27,28,29)/t13-,15?,16?,18-/m1/s1. The zero-order valence-corrected chi connectivity index (χ0v) is 21.2. The van der Waals surface area contributed by atoms with E-state index in [4.69, 9.17) is 14.5 Å². The molecule has 15 nitrogen and oxygen atoms in total. The van der Waals surface area contributed by atoms with Gasteiger partial charge in [-0.2, -0.15) is 4.31 Å². The van der Waals surface area contributed by atoms with E-state index in [-0.39, 0.29) is 6.54 Å². The van der Waals surface area contributed by atoms with Crippen molar-refractivity contribution in [3.63, 3.8) is 0 Å². The molecule has 0 aliphatic carbocycles. The summed E-state index contributed by atoms with van der Waals surface area (Å²) < 4.78 is 37.7. The minimum Gasteiger partial charge on any atom is -0.387 e. The summed E-state index contributed by atoms with van der Waals surface area (Å²) in [5.41, 5.74) is -0.655. The second kappa shape index (κ2) is 10.8. The van der Waals surface area contributed by atoms with Crippen LogP contribution in [0.25, 0.3) is 10.6 Å². The van der Waals surface area contributed by atoms with Crippen LogP contribution >= 0.6 is 27.0 Å². The number of benzene rings is 1. The van der Waals surface area contributed by atoms with E-state index in [9.17, 15) is 33.8 Å². The number of aromatic nitrogens is 3. The Bertz CT molecular complexity index is 1470. The van der Waals surface area contributed by atoms with E-state index in [1.165, 1.54) is 17.5 Å². The monoisotopic (exact) mass is 577 g/mol. The first-order chi connectivity index (χ1) is 17.3. The lowest BCUT2D eigenvalue weighted by molar-refractivity contribution is -0.0547. The molecule has 1 aliphatic heterocycles. The molecule has 3 unspecified atom stereocenters. The highest BCUT2D eigenvalue weighted by Crippen LogP contribution is 2.57. The maximum atomic E-state index is 13.1. The predicted octanol–water partition coefficient (Wildman–Crippen LogP) is 0.0273. The number of thiazole rings is 1. The molecule has 5 N–H and O–H groups in total. The minimum atomic E-state index is -5.37. The number of hydrogen-bond acceptors (Lipinski definition) is 11. The molecule has 3 aromatic rings. The average molecular weight is 577 g/mol. The van der Waals surface area contributed by atoms with Crippen LogP contribution in [0.5, 0.6) is 0 Å². The lowest BCUT2D eigenvalue weighted by atomic mass is 10.1. The molecular weight excluding hydrogens is 556 g/mol. The SMILES string of the molecule is O=c1ccn([C@@H]2O[C@H](COP(=O)(O)OP(=O)(O)O)C(O)C2O)c(=O)n1Cc1cnc(-c2ccccc2)s1. The van der Waals surface area contributed by atoms with E-state index in [2.05, 4.69) is 13.8 Å². The van der Waals surface area contributed by atoms with Gasteiger partial charge in [0, 0.05) is 28.9 Å². The third-order valence-corrected chi connectivity index (χ3v) is 8.39. The third-order valence-electron chi connectivity index (χ3n) is 5.21. The van der Waals surface area contributed by atoms with Crippen LogP contribution in [0.1, 0.15) is 11.1 Å². The Morgan fingerprint density at radius 1 is 1.05 bits per heavy atom. The fraction of sp³-hybridized carbons (Fsp3) is 0.316. The quantitative estimate of drug-likeness (QED) is 0.212. The van der Waals surface area contributed by atoms with E-state index >= 15 is 0 Å². The van der Waals surface area contributed by atoms with Gasteiger partial charge in [0.1, 0.15) is 23.3 Å². The van der Waals surface area contributed by atoms with Gasteiger partial charge in [-0.05, 0) is 0 Å². The van der Waals surface area contributed by atoms with Crippen LogP contribution in [0.4, 0.5) is 0 Å². The van der Waals surface area contributed by atoms with Gasteiger partial charge in [0.05, 0.1) is 13.2 Å². The molecular formula is C19H21N3O12P2S. The summed E-state index contributed by atoms with van der Waals surface area (Å²) in [7, 11) is -10.6. The maximum absolute atomic E-state index is 13.1. The summed E-state index contributed by atoms with van der Waals surface area (Å²) in [6.07, 6.45) is -3.90. The van der Waals surface area contributed by atoms with Crippen molar-refractivity contribution in [3.05, 3.63) is 74.5 Å². The highest BCUT2D eigenvalue weighted by Gasteiger charge is 2.46. The molecule has 200 valence electrons. The molecule has 1 saturated heterocycles. The Kier molecular flexibility index (Phi) is 8.09. The lowest BCUT2D eigenvalue weighted by Gasteiger charge is -2.19. The van der Waals surface area contributed by atoms with E-state index in [1.54, 1.807) is 0 Å². The number of phosphoric ester groups is 1. The molecule has 1 aromatic carbocycles. The summed E-state index contributed by atoms with van der Waals surface area (Å²) in [5.74, 6) is 0. The molecule has 1 fully saturated rings. The summed E-state index contributed by atoms with van der Waals surface area (Å²) >= 11 is 1.28. The predicted molar refractivity (Wildman–Crippen MR) is 126 cm³/mol. The molecule has 37 heavy (non-hydrogen) atoms. The van der Waals surface area contributed by atoms with Crippen molar-refractivity contribution in [2.45, 2.75) is 31.1 Å². The van der Waals surface area contributed by atoms with Crippen molar-refractivity contribution in [1.29, 1.82) is 0 Å². The van der Waals surface area contributed by atoms with Gasteiger partial charge >= 0.3 is 21.3 Å². The smallest absolute Gasteiger partial charge is 0.387 e. The van der Waals surface area contributed by atoms with Gasteiger partial charge < -0.3 is 29.6 Å². The Balaban J connectivity index is 1.52. The van der Waals surface area contributed by atoms with E-state index in [0.29, 0.717) is 9.88 Å². The number of nitrogens with zero attached hydrogens (tertiary/aromatic N) is 3. The van der Waals surface area contributed by atoms with Gasteiger partial charge in [-0.1, -0.05) is 30.3 Å². The number of phosphoric acid groups is 2. The Labute approximate surface area is 211 Å². The minimum absolute atomic E-state index is 0.131. The maximum Gasteiger partial charge on any atom is 0.481 e. The van der Waals surface area contributed by atoms with Crippen LogP contribution in [0, 0.1) is 0 Å². The third kappa shape index (κ3) is 6.57. The molecule has 1 aliphatic rings. The van der Waals surface area contributed by atoms with Gasteiger partial charge in [-0.25, -0.2) is 18.9 Å². The normalized spacial score (nSPS) is 23.7. The lowest BCUT2D eigenvalue weighted by Crippen LogP contribution is -2.43. The molecule has 0 amide bonds. The Morgan fingerprint density at radius 3 is 2.43 bits per heavy atom. The molecule has 4 rings (SSSR count). The molecule has 2 aromatic heterocycles. The summed E-state index contributed by atoms with van der Waals surface area (Å²) in [6.45, 7) is -1.06. The first kappa shape index (κ1) is 27.7. The van der Waals surface area contributed by atoms with Crippen LogP contribution in [0.15, 0.2) is 58.4 Å². The zero-order valence-electron chi connectivity index (χ0n) is 18.6. The number of aliphatic hydroxyl groups excluding tert-OH is 2. The van der Waals surface area contributed by atoms with Gasteiger partial charge in [0.25, 0.3) is 5.56 Å². The average Bonchev–Trinajstić information content (AvgIpc) is 3.40. The van der Waals surface area contributed by atoms with Crippen LogP contribution in [0.3, 0.4) is 0 Å². The van der Waals surface area contributed by atoms with Crippen LogP contribution in [-0.4, -0.2) is 63.9 Å². The summed E-state index contributed by atoms with van der Waals surface area (Å²) in [4.78, 5) is 57.2. The van der Waals surface area contributed by atoms with Gasteiger partial charge in [0.15, 0.2) is 6.23 Å². The van der Waals surface area contributed by atoms with E-state index in [1.807, 2.05) is 30.3 Å². The molecule has 5 atom stereocenters. The van der Waals surface area contributed by atoms with Crippen molar-refractivity contribution < 1.29 is 47.6 Å². The highest BCUT2D eigenvalue weighted by atomic mass is 32.1. The van der Waals surface area contributed by atoms with Crippen LogP contribution in [0.2, 0.25) is 0 Å². The second-order valence-electron chi connectivity index (χ2n) is 7.81. The molecule has 18 heteroatoms. The van der Waals surface area contributed by atoms with Crippen molar-refractivity contribution in [2.75, 3.05) is 6.61 Å². The van der Waals surface area contributed by atoms with Crippen molar-refractivity contribution in [1.82, 2.24) is 14.1 Å². The summed E-state index contributed by atoms with van der Waals surface area (Å²) in [6, 6.07) is 10.3. The topological polar surface area (TPSA) is 220 Å². The van der Waals surface area contributed by atoms with Gasteiger partial charge in [0.2, 0.25) is 0 Å². The first-order valence-electron chi connectivity index (χ1n) is 10.4. The largest absolute Gasteiger partial charge is 0.481 e. The van der Waals surface area contributed by atoms with Crippen molar-refractivity contribution in [2.24, 2.45) is 0 Å². The van der Waals surface area contributed by atoms with Crippen molar-refractivity contribution >= 4 is 27.0 Å². The summed E-state index contributed by atoms with van der Waals surface area (Å²) in [5, 5.41) is 21.4. The highest BCUT2D eigenvalue weighted by molar-refractivity contribution is 7.60. The molecule has 0 bridgehead atoms.